The van der Waals surface area contributed by atoms with Gasteiger partial charge in [0.05, 0.1) is 0 Å². The number of rotatable bonds is 5. The molecule has 8 heteroatoms. The molecule has 1 fully saturated rings. The van der Waals surface area contributed by atoms with Gasteiger partial charge in [0, 0.05) is 37.4 Å². The highest BCUT2D eigenvalue weighted by Gasteiger charge is 2.36. The van der Waals surface area contributed by atoms with Gasteiger partial charge in [-0.3, -0.25) is 9.59 Å². The number of aromatic nitrogens is 2. The van der Waals surface area contributed by atoms with Crippen molar-refractivity contribution >= 4 is 17.6 Å². The van der Waals surface area contributed by atoms with Gasteiger partial charge in [-0.15, -0.1) is 0 Å². The van der Waals surface area contributed by atoms with Crippen LogP contribution in [0.4, 0.5) is 5.82 Å². The Labute approximate surface area is 155 Å². The summed E-state index contributed by atoms with van der Waals surface area (Å²) in [6.07, 6.45) is 1.05. The lowest BCUT2D eigenvalue weighted by molar-refractivity contribution is -0.126. The SMILES string of the molecule is Cc1nc(C(=O)N(C)C(C)(C)C(N)=O)nc(N2CC[C@@H](N(C)C)C2)c1C. The van der Waals surface area contributed by atoms with Crippen molar-refractivity contribution in [1.29, 1.82) is 0 Å². The van der Waals surface area contributed by atoms with E-state index >= 15 is 0 Å². The summed E-state index contributed by atoms with van der Waals surface area (Å²) in [5.41, 5.74) is 6.04. The molecule has 1 aliphatic heterocycles. The van der Waals surface area contributed by atoms with Gasteiger partial charge in [0.1, 0.15) is 11.4 Å². The third kappa shape index (κ3) is 3.65. The minimum absolute atomic E-state index is 0.0910. The van der Waals surface area contributed by atoms with E-state index in [1.807, 2.05) is 13.8 Å². The van der Waals surface area contributed by atoms with Crippen LogP contribution in [0.25, 0.3) is 0 Å². The minimum Gasteiger partial charge on any atom is -0.368 e. The molecule has 0 bridgehead atoms. The predicted molar refractivity (Wildman–Crippen MR) is 101 cm³/mol. The van der Waals surface area contributed by atoms with Crippen molar-refractivity contribution in [2.75, 3.05) is 39.1 Å². The van der Waals surface area contributed by atoms with E-state index in [1.54, 1.807) is 20.9 Å². The van der Waals surface area contributed by atoms with E-state index in [2.05, 4.69) is 33.9 Å². The molecule has 0 aliphatic carbocycles. The molecule has 0 saturated carbocycles. The number of carbonyl (C=O) groups excluding carboxylic acids is 2. The van der Waals surface area contributed by atoms with Crippen LogP contribution in [0.2, 0.25) is 0 Å². The largest absolute Gasteiger partial charge is 0.368 e. The van der Waals surface area contributed by atoms with Crippen LogP contribution in [-0.2, 0) is 4.79 Å². The molecule has 1 aromatic rings. The fraction of sp³-hybridized carbons (Fsp3) is 0.667. The number of carbonyl (C=O) groups is 2. The van der Waals surface area contributed by atoms with Gasteiger partial charge < -0.3 is 20.4 Å². The van der Waals surface area contributed by atoms with Crippen molar-refractivity contribution < 1.29 is 9.59 Å². The molecule has 1 aromatic heterocycles. The van der Waals surface area contributed by atoms with E-state index in [-0.39, 0.29) is 5.82 Å². The van der Waals surface area contributed by atoms with E-state index in [4.69, 9.17) is 5.73 Å². The van der Waals surface area contributed by atoms with E-state index < -0.39 is 17.4 Å². The highest BCUT2D eigenvalue weighted by molar-refractivity contribution is 5.96. The molecule has 0 unspecified atom stereocenters. The van der Waals surface area contributed by atoms with Crippen LogP contribution in [0.5, 0.6) is 0 Å². The summed E-state index contributed by atoms with van der Waals surface area (Å²) in [5, 5.41) is 0. The molecular formula is C18H30N6O2. The Morgan fingerprint density at radius 1 is 1.19 bits per heavy atom. The Morgan fingerprint density at radius 3 is 2.31 bits per heavy atom. The van der Waals surface area contributed by atoms with Gasteiger partial charge in [-0.1, -0.05) is 0 Å². The zero-order valence-corrected chi connectivity index (χ0v) is 16.8. The van der Waals surface area contributed by atoms with Gasteiger partial charge in [-0.25, -0.2) is 9.97 Å². The number of amides is 2. The molecule has 0 radical (unpaired) electrons. The third-order valence-corrected chi connectivity index (χ3v) is 5.49. The Hall–Kier alpha value is -2.22. The number of anilines is 1. The second-order valence-electron chi connectivity index (χ2n) is 7.72. The molecule has 2 heterocycles. The summed E-state index contributed by atoms with van der Waals surface area (Å²) in [4.78, 5) is 39.2. The lowest BCUT2D eigenvalue weighted by Crippen LogP contribution is -2.54. The molecule has 1 saturated heterocycles. The van der Waals surface area contributed by atoms with Crippen molar-refractivity contribution in [3.8, 4) is 0 Å². The molecule has 8 nitrogen and oxygen atoms in total. The monoisotopic (exact) mass is 362 g/mol. The standard InChI is InChI=1S/C18H30N6O2/c1-11-12(2)20-14(16(25)23(7)18(3,4)17(19)26)21-15(11)24-9-8-13(10-24)22(5)6/h13H,8-10H2,1-7H3,(H2,19,26)/t13-/m1/s1. The number of hydrogen-bond acceptors (Lipinski definition) is 6. The van der Waals surface area contributed by atoms with Crippen LogP contribution >= 0.6 is 0 Å². The van der Waals surface area contributed by atoms with Gasteiger partial charge in [-0.05, 0) is 48.2 Å². The topological polar surface area (TPSA) is 95.7 Å². The lowest BCUT2D eigenvalue weighted by Gasteiger charge is -2.32. The van der Waals surface area contributed by atoms with Crippen molar-refractivity contribution in [2.45, 2.75) is 45.7 Å². The van der Waals surface area contributed by atoms with Crippen molar-refractivity contribution in [3.05, 3.63) is 17.1 Å². The van der Waals surface area contributed by atoms with E-state index in [1.165, 1.54) is 4.90 Å². The molecule has 2 rings (SSSR count). The van der Waals surface area contributed by atoms with E-state index in [0.29, 0.717) is 6.04 Å². The van der Waals surface area contributed by atoms with E-state index in [9.17, 15) is 9.59 Å². The zero-order chi connectivity index (χ0) is 19.8. The van der Waals surface area contributed by atoms with E-state index in [0.717, 1.165) is 36.6 Å². The second-order valence-corrected chi connectivity index (χ2v) is 7.72. The number of nitrogens with two attached hydrogens (primary N) is 1. The summed E-state index contributed by atoms with van der Waals surface area (Å²) in [5.74, 6) is -0.115. The number of hydrogen-bond donors (Lipinski definition) is 1. The van der Waals surface area contributed by atoms with Crippen molar-refractivity contribution in [2.24, 2.45) is 5.73 Å². The molecule has 0 aromatic carbocycles. The van der Waals surface area contributed by atoms with Crippen LogP contribution in [0.3, 0.4) is 0 Å². The smallest absolute Gasteiger partial charge is 0.292 e. The first-order valence-electron chi connectivity index (χ1n) is 8.81. The quantitative estimate of drug-likeness (QED) is 0.823. The molecule has 0 spiro atoms. The fourth-order valence-corrected chi connectivity index (χ4v) is 2.94. The molecular weight excluding hydrogens is 332 g/mol. The van der Waals surface area contributed by atoms with Crippen LogP contribution in [0, 0.1) is 13.8 Å². The zero-order valence-electron chi connectivity index (χ0n) is 16.8. The van der Waals surface area contributed by atoms with Crippen molar-refractivity contribution in [1.82, 2.24) is 19.8 Å². The van der Waals surface area contributed by atoms with Gasteiger partial charge in [0.15, 0.2) is 0 Å². The summed E-state index contributed by atoms with van der Waals surface area (Å²) in [7, 11) is 5.69. The predicted octanol–water partition coefficient (Wildman–Crippen LogP) is 0.570. The highest BCUT2D eigenvalue weighted by Crippen LogP contribution is 2.26. The van der Waals surface area contributed by atoms with Crippen molar-refractivity contribution in [3.63, 3.8) is 0 Å². The number of aryl methyl sites for hydroxylation is 1. The molecule has 2 amide bonds. The Kier molecular flexibility index (Phi) is 5.55. The lowest BCUT2D eigenvalue weighted by atomic mass is 10.0. The maximum absolute atomic E-state index is 12.9. The average molecular weight is 362 g/mol. The van der Waals surface area contributed by atoms with Crippen LogP contribution in [0.15, 0.2) is 0 Å². The minimum atomic E-state index is -1.12. The Bertz CT molecular complexity index is 716. The summed E-state index contributed by atoms with van der Waals surface area (Å²) < 4.78 is 0. The summed E-state index contributed by atoms with van der Waals surface area (Å²) in [6.45, 7) is 8.81. The van der Waals surface area contributed by atoms with Gasteiger partial charge in [-0.2, -0.15) is 0 Å². The first kappa shape index (κ1) is 20.1. The molecule has 1 aliphatic rings. The first-order chi connectivity index (χ1) is 12.0. The normalized spacial score (nSPS) is 17.7. The third-order valence-electron chi connectivity index (χ3n) is 5.49. The second kappa shape index (κ2) is 7.19. The maximum atomic E-state index is 12.9. The average Bonchev–Trinajstić information content (AvgIpc) is 3.05. The first-order valence-corrected chi connectivity index (χ1v) is 8.81. The summed E-state index contributed by atoms with van der Waals surface area (Å²) in [6, 6.07) is 0.459. The molecule has 26 heavy (non-hydrogen) atoms. The Morgan fingerprint density at radius 2 is 1.81 bits per heavy atom. The van der Waals surface area contributed by atoms with Gasteiger partial charge in [0.25, 0.3) is 5.91 Å². The number of nitrogens with zero attached hydrogens (tertiary/aromatic N) is 5. The summed E-state index contributed by atoms with van der Waals surface area (Å²) >= 11 is 0. The maximum Gasteiger partial charge on any atom is 0.292 e. The van der Waals surface area contributed by atoms with Crippen LogP contribution < -0.4 is 10.6 Å². The van der Waals surface area contributed by atoms with Gasteiger partial charge >= 0.3 is 0 Å². The molecule has 1 atom stereocenters. The molecule has 144 valence electrons. The van der Waals surface area contributed by atoms with Crippen LogP contribution in [-0.4, -0.2) is 77.4 Å². The fourth-order valence-electron chi connectivity index (χ4n) is 2.94. The highest BCUT2D eigenvalue weighted by atomic mass is 16.2. The molecule has 2 N–H and O–H groups in total. The Balaban J connectivity index is 2.36. The number of likely N-dealkylation sites (N-methyl/N-ethyl adjacent to an activating group) is 2. The van der Waals surface area contributed by atoms with Gasteiger partial charge in [0.2, 0.25) is 11.7 Å². The van der Waals surface area contributed by atoms with Crippen LogP contribution in [0.1, 0.15) is 42.1 Å². The number of primary amides is 1.